The van der Waals surface area contributed by atoms with Gasteiger partial charge >= 0.3 is 0 Å². The Labute approximate surface area is 298 Å². The van der Waals surface area contributed by atoms with E-state index >= 15 is 0 Å². The standard InChI is InChI=1S/C42H44N4O5/c1-2-36(28-6-4-3-5-7-28)40(29-8-13-34(47)14-9-29)30-10-15-35(16-11-30)51-25-24-45-22-20-32(21-23-45)43-33-12-17-37-31(26-33)27-46(42(37)50)38-18-19-39(48)44-41(38)49/h3-17,26,32,38,43,47H,2,18-25,27H2,1H3,(H,44,48,49)/b40-36-. The van der Waals surface area contributed by atoms with Crippen molar-refractivity contribution in [2.75, 3.05) is 31.6 Å². The predicted molar refractivity (Wildman–Crippen MR) is 198 cm³/mol. The first kappa shape index (κ1) is 34.1. The summed E-state index contributed by atoms with van der Waals surface area (Å²) in [6, 6.07) is 31.7. The molecule has 0 spiro atoms. The van der Waals surface area contributed by atoms with E-state index in [0.29, 0.717) is 31.2 Å². The minimum atomic E-state index is -0.604. The van der Waals surface area contributed by atoms with E-state index in [1.165, 1.54) is 11.1 Å². The third-order valence-electron chi connectivity index (χ3n) is 10.2. The number of hydrogen-bond donors (Lipinski definition) is 3. The van der Waals surface area contributed by atoms with Crippen LogP contribution in [0.5, 0.6) is 11.5 Å². The maximum absolute atomic E-state index is 13.0. The highest BCUT2D eigenvalue weighted by Crippen LogP contribution is 2.36. The van der Waals surface area contributed by atoms with E-state index in [4.69, 9.17) is 4.74 Å². The van der Waals surface area contributed by atoms with Gasteiger partial charge in [0.2, 0.25) is 11.8 Å². The number of fused-ring (bicyclic) bond motifs is 1. The second-order valence-corrected chi connectivity index (χ2v) is 13.5. The van der Waals surface area contributed by atoms with E-state index in [-0.39, 0.29) is 29.9 Å². The molecule has 4 aromatic carbocycles. The summed E-state index contributed by atoms with van der Waals surface area (Å²) in [6.45, 7) is 5.93. The zero-order valence-corrected chi connectivity index (χ0v) is 28.9. The summed E-state index contributed by atoms with van der Waals surface area (Å²) >= 11 is 0. The Morgan fingerprint density at radius 3 is 2.25 bits per heavy atom. The molecule has 4 aromatic rings. The average molecular weight is 685 g/mol. The zero-order valence-electron chi connectivity index (χ0n) is 28.9. The van der Waals surface area contributed by atoms with Crippen LogP contribution in [-0.2, 0) is 16.1 Å². The molecule has 51 heavy (non-hydrogen) atoms. The van der Waals surface area contributed by atoms with Gasteiger partial charge in [0.25, 0.3) is 5.91 Å². The van der Waals surface area contributed by atoms with Crippen molar-refractivity contribution in [2.24, 2.45) is 0 Å². The van der Waals surface area contributed by atoms with Crippen molar-refractivity contribution in [2.45, 2.75) is 57.7 Å². The van der Waals surface area contributed by atoms with Gasteiger partial charge in [-0.1, -0.05) is 61.5 Å². The van der Waals surface area contributed by atoms with Gasteiger partial charge in [-0.05, 0) is 102 Å². The lowest BCUT2D eigenvalue weighted by molar-refractivity contribution is -0.136. The molecule has 0 aliphatic carbocycles. The fourth-order valence-electron chi connectivity index (χ4n) is 7.52. The van der Waals surface area contributed by atoms with Crippen LogP contribution >= 0.6 is 0 Å². The van der Waals surface area contributed by atoms with Gasteiger partial charge in [0.05, 0.1) is 0 Å². The molecule has 1 unspecified atom stereocenters. The van der Waals surface area contributed by atoms with Crippen LogP contribution < -0.4 is 15.4 Å². The van der Waals surface area contributed by atoms with Gasteiger partial charge in [-0.2, -0.15) is 0 Å². The minimum Gasteiger partial charge on any atom is -0.508 e. The molecule has 3 aliphatic rings. The summed E-state index contributed by atoms with van der Waals surface area (Å²) in [5.74, 6) is 0.264. The molecule has 0 saturated carbocycles. The number of nitrogens with one attached hydrogen (secondary N) is 2. The van der Waals surface area contributed by atoms with Gasteiger partial charge < -0.3 is 20.1 Å². The number of piperidine rings is 2. The lowest BCUT2D eigenvalue weighted by atomic mass is 9.88. The second kappa shape index (κ2) is 15.2. The first-order valence-electron chi connectivity index (χ1n) is 17.9. The van der Waals surface area contributed by atoms with Crippen LogP contribution in [0.4, 0.5) is 5.69 Å². The van der Waals surface area contributed by atoms with Crippen molar-refractivity contribution in [1.29, 1.82) is 0 Å². The van der Waals surface area contributed by atoms with Crippen LogP contribution in [0.3, 0.4) is 0 Å². The Kier molecular flexibility index (Phi) is 10.2. The summed E-state index contributed by atoms with van der Waals surface area (Å²) < 4.78 is 6.19. The van der Waals surface area contributed by atoms with Crippen LogP contribution in [0.1, 0.15) is 71.6 Å². The highest BCUT2D eigenvalue weighted by Gasteiger charge is 2.39. The number of benzene rings is 4. The summed E-state index contributed by atoms with van der Waals surface area (Å²) in [4.78, 5) is 41.0. The highest BCUT2D eigenvalue weighted by atomic mass is 16.5. The SMILES string of the molecule is CC/C(=C(\c1ccc(O)cc1)c1ccc(OCCN2CCC(Nc3ccc4c(c3)CN(C3CCC(=O)NC3=O)C4=O)CC2)cc1)c1ccccc1. The van der Waals surface area contributed by atoms with Gasteiger partial charge in [-0.25, -0.2) is 0 Å². The number of carbonyl (C=O) groups excluding carboxylic acids is 3. The van der Waals surface area contributed by atoms with Gasteiger partial charge in [0.1, 0.15) is 24.1 Å². The normalized spacial score (nSPS) is 18.6. The summed E-state index contributed by atoms with van der Waals surface area (Å²) in [5.41, 5.74) is 8.26. The van der Waals surface area contributed by atoms with Gasteiger partial charge in [0, 0.05) is 49.9 Å². The molecular formula is C42H44N4O5. The Balaban J connectivity index is 0.909. The third-order valence-corrected chi connectivity index (χ3v) is 10.2. The van der Waals surface area contributed by atoms with Crippen LogP contribution in [0, 0.1) is 0 Å². The maximum Gasteiger partial charge on any atom is 0.255 e. The molecule has 3 aliphatic heterocycles. The molecular weight excluding hydrogens is 640 g/mol. The number of hydrogen-bond acceptors (Lipinski definition) is 7. The molecule has 3 N–H and O–H groups in total. The van der Waals surface area contributed by atoms with Crippen molar-refractivity contribution in [3.63, 3.8) is 0 Å². The van der Waals surface area contributed by atoms with Crippen molar-refractivity contribution in [1.82, 2.24) is 15.1 Å². The minimum absolute atomic E-state index is 0.151. The number of imide groups is 1. The number of amides is 3. The smallest absolute Gasteiger partial charge is 0.255 e. The molecule has 0 radical (unpaired) electrons. The first-order chi connectivity index (χ1) is 24.9. The largest absolute Gasteiger partial charge is 0.508 e. The maximum atomic E-state index is 13.0. The number of ether oxygens (including phenoxy) is 1. The van der Waals surface area contributed by atoms with E-state index in [2.05, 4.69) is 58.9 Å². The molecule has 2 fully saturated rings. The predicted octanol–water partition coefficient (Wildman–Crippen LogP) is 6.48. The first-order valence-corrected chi connectivity index (χ1v) is 17.9. The van der Waals surface area contributed by atoms with E-state index in [9.17, 15) is 19.5 Å². The molecule has 3 heterocycles. The van der Waals surface area contributed by atoms with Crippen LogP contribution in [0.25, 0.3) is 11.1 Å². The quantitative estimate of drug-likeness (QED) is 0.123. The number of phenolic OH excluding ortho intramolecular Hbond substituents is 1. The van der Waals surface area contributed by atoms with E-state index < -0.39 is 6.04 Å². The fourth-order valence-corrected chi connectivity index (χ4v) is 7.52. The van der Waals surface area contributed by atoms with E-state index in [1.54, 1.807) is 17.0 Å². The van der Waals surface area contributed by atoms with Crippen LogP contribution in [0.2, 0.25) is 0 Å². The molecule has 2 saturated heterocycles. The molecule has 262 valence electrons. The fraction of sp³-hybridized carbons (Fsp3) is 0.310. The molecule has 9 nitrogen and oxygen atoms in total. The molecule has 1 atom stereocenters. The number of allylic oxidation sites excluding steroid dienone is 1. The zero-order chi connectivity index (χ0) is 35.3. The lowest BCUT2D eigenvalue weighted by Crippen LogP contribution is -2.52. The number of carbonyl (C=O) groups is 3. The third kappa shape index (κ3) is 7.68. The molecule has 0 bridgehead atoms. The Bertz CT molecular complexity index is 1920. The van der Waals surface area contributed by atoms with Gasteiger partial charge in [-0.3, -0.25) is 24.6 Å². The van der Waals surface area contributed by atoms with Crippen molar-refractivity contribution in [3.05, 3.63) is 125 Å². The number of rotatable bonds is 11. The molecule has 7 rings (SSSR count). The average Bonchev–Trinajstić information content (AvgIpc) is 3.47. The van der Waals surface area contributed by atoms with Gasteiger partial charge in [0.15, 0.2) is 0 Å². The summed E-state index contributed by atoms with van der Waals surface area (Å²) in [6.07, 6.45) is 3.48. The molecule has 0 aromatic heterocycles. The monoisotopic (exact) mass is 684 g/mol. The van der Waals surface area contributed by atoms with Crippen LogP contribution in [-0.4, -0.2) is 71.0 Å². The van der Waals surface area contributed by atoms with E-state index in [1.807, 2.05) is 48.5 Å². The molecule has 3 amide bonds. The number of phenols is 1. The summed E-state index contributed by atoms with van der Waals surface area (Å²) in [7, 11) is 0. The number of likely N-dealkylation sites (tertiary alicyclic amines) is 1. The number of nitrogens with zero attached hydrogens (tertiary/aromatic N) is 2. The van der Waals surface area contributed by atoms with Gasteiger partial charge in [-0.15, -0.1) is 0 Å². The van der Waals surface area contributed by atoms with Crippen molar-refractivity contribution >= 4 is 34.6 Å². The topological polar surface area (TPSA) is 111 Å². The number of anilines is 1. The van der Waals surface area contributed by atoms with E-state index in [0.717, 1.165) is 72.6 Å². The van der Waals surface area contributed by atoms with Crippen molar-refractivity contribution < 1.29 is 24.2 Å². The second-order valence-electron chi connectivity index (χ2n) is 13.5. The lowest BCUT2D eigenvalue weighted by Gasteiger charge is -2.32. The Morgan fingerprint density at radius 2 is 1.57 bits per heavy atom. The number of aromatic hydroxyl groups is 1. The van der Waals surface area contributed by atoms with Crippen LogP contribution in [0.15, 0.2) is 97.1 Å². The Hall–Kier alpha value is -5.41. The van der Waals surface area contributed by atoms with Crippen molar-refractivity contribution in [3.8, 4) is 11.5 Å². The summed E-state index contributed by atoms with van der Waals surface area (Å²) in [5, 5.41) is 16.0. The Morgan fingerprint density at radius 1 is 0.863 bits per heavy atom. The highest BCUT2D eigenvalue weighted by molar-refractivity contribution is 6.05. The molecule has 9 heteroatoms.